The molecule has 0 aromatic rings. The zero-order chi connectivity index (χ0) is 15.0. The van der Waals surface area contributed by atoms with E-state index in [1.165, 1.54) is 19.3 Å². The van der Waals surface area contributed by atoms with Crippen molar-refractivity contribution in [3.8, 4) is 0 Å². The van der Waals surface area contributed by atoms with E-state index in [9.17, 15) is 0 Å². The molecule has 0 amide bonds. The van der Waals surface area contributed by atoms with Gasteiger partial charge in [0, 0.05) is 25.7 Å². The van der Waals surface area contributed by atoms with E-state index >= 15 is 0 Å². The zero-order valence-corrected chi connectivity index (χ0v) is 14.2. The summed E-state index contributed by atoms with van der Waals surface area (Å²) in [6, 6.07) is 0.593. The molecule has 1 aliphatic rings. The van der Waals surface area contributed by atoms with Crippen molar-refractivity contribution < 1.29 is 4.74 Å². The molecule has 1 aliphatic heterocycles. The average Bonchev–Trinajstić information content (AvgIpc) is 2.83. The monoisotopic (exact) mass is 285 g/mol. The lowest BCUT2D eigenvalue weighted by atomic mass is 10.1. The van der Waals surface area contributed by atoms with Gasteiger partial charge >= 0.3 is 0 Å². The molecule has 3 atom stereocenters. The van der Waals surface area contributed by atoms with Crippen molar-refractivity contribution in [3.63, 3.8) is 0 Å². The Morgan fingerprint density at radius 3 is 2.50 bits per heavy atom. The largest absolute Gasteiger partial charge is 0.372 e. The van der Waals surface area contributed by atoms with Crippen LogP contribution in [-0.4, -0.2) is 74.9 Å². The smallest absolute Gasteiger partial charge is 0.0707 e. The molecule has 4 nitrogen and oxygen atoms in total. The van der Waals surface area contributed by atoms with Crippen LogP contribution in [0.25, 0.3) is 0 Å². The van der Waals surface area contributed by atoms with Crippen LogP contribution in [0.3, 0.4) is 0 Å². The van der Waals surface area contributed by atoms with Gasteiger partial charge in [0.25, 0.3) is 0 Å². The number of nitrogens with zero attached hydrogens (tertiary/aromatic N) is 2. The molecule has 0 aliphatic carbocycles. The Hall–Kier alpha value is -0.160. The molecular weight excluding hydrogens is 250 g/mol. The summed E-state index contributed by atoms with van der Waals surface area (Å²) in [4.78, 5) is 4.81. The van der Waals surface area contributed by atoms with E-state index in [1.807, 2.05) is 0 Å². The quantitative estimate of drug-likeness (QED) is 0.620. The van der Waals surface area contributed by atoms with Crippen LogP contribution in [0.5, 0.6) is 0 Å². The van der Waals surface area contributed by atoms with Gasteiger partial charge in [-0.3, -0.25) is 4.90 Å². The third-order valence-electron chi connectivity index (χ3n) is 4.09. The number of hydrogen-bond acceptors (Lipinski definition) is 4. The Morgan fingerprint density at radius 1 is 1.20 bits per heavy atom. The molecule has 1 heterocycles. The summed E-state index contributed by atoms with van der Waals surface area (Å²) in [5, 5.41) is 3.47. The van der Waals surface area contributed by atoms with Crippen molar-refractivity contribution in [1.29, 1.82) is 0 Å². The summed E-state index contributed by atoms with van der Waals surface area (Å²) in [6.07, 6.45) is 4.47. The minimum absolute atomic E-state index is 0.424. The maximum Gasteiger partial charge on any atom is 0.0707 e. The molecule has 3 unspecified atom stereocenters. The van der Waals surface area contributed by atoms with Gasteiger partial charge in [0.2, 0.25) is 0 Å². The Labute approximate surface area is 125 Å². The van der Waals surface area contributed by atoms with Crippen molar-refractivity contribution in [2.24, 2.45) is 0 Å². The van der Waals surface area contributed by atoms with Gasteiger partial charge in [-0.05, 0) is 53.4 Å². The second kappa shape index (κ2) is 9.72. The second-order valence-electron chi connectivity index (χ2n) is 6.36. The van der Waals surface area contributed by atoms with Crippen LogP contribution < -0.4 is 5.32 Å². The van der Waals surface area contributed by atoms with Gasteiger partial charge in [-0.15, -0.1) is 0 Å². The van der Waals surface area contributed by atoms with Crippen LogP contribution in [0.1, 0.15) is 40.0 Å². The van der Waals surface area contributed by atoms with Crippen molar-refractivity contribution in [2.45, 2.75) is 58.3 Å². The van der Waals surface area contributed by atoms with Crippen LogP contribution >= 0.6 is 0 Å². The third kappa shape index (κ3) is 6.53. The molecule has 20 heavy (non-hydrogen) atoms. The van der Waals surface area contributed by atoms with Crippen LogP contribution in [-0.2, 0) is 4.74 Å². The van der Waals surface area contributed by atoms with Crippen LogP contribution in [0, 0.1) is 0 Å². The summed E-state index contributed by atoms with van der Waals surface area (Å²) < 4.78 is 6.18. The van der Waals surface area contributed by atoms with E-state index < -0.39 is 0 Å². The first kappa shape index (κ1) is 17.9. The summed E-state index contributed by atoms with van der Waals surface area (Å²) >= 11 is 0. The summed E-state index contributed by atoms with van der Waals surface area (Å²) in [7, 11) is 4.29. The van der Waals surface area contributed by atoms with E-state index in [0.29, 0.717) is 18.2 Å². The molecule has 120 valence electrons. The predicted molar refractivity (Wildman–Crippen MR) is 86.3 cm³/mol. The Balaban J connectivity index is 2.29. The first-order valence-corrected chi connectivity index (χ1v) is 8.31. The molecule has 0 aromatic carbocycles. The van der Waals surface area contributed by atoms with Gasteiger partial charge in [-0.2, -0.15) is 0 Å². The number of likely N-dealkylation sites (N-methyl/N-ethyl adjacent to an activating group) is 2. The molecule has 1 fully saturated rings. The van der Waals surface area contributed by atoms with Crippen molar-refractivity contribution in [1.82, 2.24) is 15.1 Å². The number of rotatable bonds is 10. The lowest BCUT2D eigenvalue weighted by Crippen LogP contribution is -2.44. The lowest BCUT2D eigenvalue weighted by molar-refractivity contribution is 0.0149. The van der Waals surface area contributed by atoms with Gasteiger partial charge in [-0.25, -0.2) is 0 Å². The molecule has 1 rings (SSSR count). The molecule has 4 heteroatoms. The lowest BCUT2D eigenvalue weighted by Gasteiger charge is -2.32. The Kier molecular flexibility index (Phi) is 8.69. The van der Waals surface area contributed by atoms with Crippen LogP contribution in [0.15, 0.2) is 0 Å². The van der Waals surface area contributed by atoms with Gasteiger partial charge in [0.1, 0.15) is 0 Å². The minimum atomic E-state index is 0.424. The summed E-state index contributed by atoms with van der Waals surface area (Å²) in [5.74, 6) is 0. The Bertz CT molecular complexity index is 248. The fraction of sp³-hybridized carbons (Fsp3) is 1.00. The maximum absolute atomic E-state index is 6.18. The topological polar surface area (TPSA) is 27.7 Å². The van der Waals surface area contributed by atoms with Gasteiger partial charge < -0.3 is 15.0 Å². The molecule has 0 aromatic heterocycles. The van der Waals surface area contributed by atoms with Gasteiger partial charge in [-0.1, -0.05) is 13.8 Å². The summed E-state index contributed by atoms with van der Waals surface area (Å²) in [5.41, 5.74) is 0. The van der Waals surface area contributed by atoms with Crippen molar-refractivity contribution >= 4 is 0 Å². The molecule has 1 N–H and O–H groups in total. The minimum Gasteiger partial charge on any atom is -0.372 e. The fourth-order valence-corrected chi connectivity index (χ4v) is 3.03. The molecule has 0 bridgehead atoms. The zero-order valence-electron chi connectivity index (χ0n) is 14.2. The van der Waals surface area contributed by atoms with Crippen molar-refractivity contribution in [3.05, 3.63) is 0 Å². The SMILES string of the molecule is CCCNCC1CCC(CN(CC)C(C)CN(C)C)O1. The first-order valence-electron chi connectivity index (χ1n) is 8.31. The highest BCUT2D eigenvalue weighted by molar-refractivity contribution is 4.80. The first-order chi connectivity index (χ1) is 9.56. The molecule has 0 saturated carbocycles. The highest BCUT2D eigenvalue weighted by atomic mass is 16.5. The predicted octanol–water partition coefficient (Wildman–Crippen LogP) is 1.81. The van der Waals surface area contributed by atoms with E-state index in [0.717, 1.165) is 32.7 Å². The standard InChI is InChI=1S/C16H35N3O/c1-6-10-17-11-15-8-9-16(20-15)13-19(7-2)14(3)12-18(4)5/h14-17H,6-13H2,1-5H3. The second-order valence-corrected chi connectivity index (χ2v) is 6.36. The van der Waals surface area contributed by atoms with Crippen molar-refractivity contribution in [2.75, 3.05) is 46.8 Å². The van der Waals surface area contributed by atoms with E-state index in [4.69, 9.17) is 4.74 Å². The summed E-state index contributed by atoms with van der Waals surface area (Å²) in [6.45, 7) is 12.2. The highest BCUT2D eigenvalue weighted by Gasteiger charge is 2.27. The number of hydrogen-bond donors (Lipinski definition) is 1. The third-order valence-corrected chi connectivity index (χ3v) is 4.09. The fourth-order valence-electron chi connectivity index (χ4n) is 3.03. The molecular formula is C16H35N3O. The molecule has 0 spiro atoms. The molecule has 1 saturated heterocycles. The Morgan fingerprint density at radius 2 is 1.90 bits per heavy atom. The van der Waals surface area contributed by atoms with Crippen LogP contribution in [0.2, 0.25) is 0 Å². The highest BCUT2D eigenvalue weighted by Crippen LogP contribution is 2.20. The number of ether oxygens (including phenoxy) is 1. The van der Waals surface area contributed by atoms with Gasteiger partial charge in [0.15, 0.2) is 0 Å². The van der Waals surface area contributed by atoms with Crippen LogP contribution in [0.4, 0.5) is 0 Å². The van der Waals surface area contributed by atoms with E-state index in [-0.39, 0.29) is 0 Å². The normalized spacial score (nSPS) is 24.8. The maximum atomic E-state index is 6.18. The van der Waals surface area contributed by atoms with Gasteiger partial charge in [0.05, 0.1) is 12.2 Å². The molecule has 0 radical (unpaired) electrons. The van der Waals surface area contributed by atoms with E-state index in [1.54, 1.807) is 0 Å². The average molecular weight is 285 g/mol. The van der Waals surface area contributed by atoms with E-state index in [2.05, 4.69) is 50.0 Å². The number of nitrogens with one attached hydrogen (secondary N) is 1.